The Labute approximate surface area is 172 Å². The van der Waals surface area contributed by atoms with Crippen LogP contribution in [-0.4, -0.2) is 36.1 Å². The number of amides is 1. The number of benzene rings is 1. The fourth-order valence-electron chi connectivity index (χ4n) is 2.57. The number of carbonyl (C=O) groups is 1. The number of methoxy groups -OCH3 is 1. The average Bonchev–Trinajstić information content (AvgIpc) is 3.39. The highest BCUT2D eigenvalue weighted by Gasteiger charge is 2.19. The van der Waals surface area contributed by atoms with Crippen molar-refractivity contribution < 1.29 is 18.7 Å². The van der Waals surface area contributed by atoms with E-state index in [1.165, 1.54) is 17.6 Å². The predicted octanol–water partition coefficient (Wildman–Crippen LogP) is 4.65. The fourth-order valence-corrected chi connectivity index (χ4v) is 3.39. The van der Waals surface area contributed by atoms with Crippen molar-refractivity contribution in [2.75, 3.05) is 20.3 Å². The van der Waals surface area contributed by atoms with Crippen LogP contribution in [0.5, 0.6) is 5.75 Å². The first kappa shape index (κ1) is 20.4. The van der Waals surface area contributed by atoms with Crippen molar-refractivity contribution in [3.63, 3.8) is 0 Å². The topological polar surface area (TPSA) is 64.8 Å². The average molecular weight is 421 g/mol. The van der Waals surface area contributed by atoms with Gasteiger partial charge in [-0.25, -0.2) is 4.98 Å². The summed E-state index contributed by atoms with van der Waals surface area (Å²) in [6, 6.07) is 10.6. The van der Waals surface area contributed by atoms with Gasteiger partial charge < -0.3 is 18.8 Å². The first-order valence-corrected chi connectivity index (χ1v) is 10.0. The van der Waals surface area contributed by atoms with Gasteiger partial charge in [0.2, 0.25) is 0 Å². The number of hydrogen-bond acceptors (Lipinski definition) is 6. The van der Waals surface area contributed by atoms with E-state index in [0.29, 0.717) is 37.1 Å². The van der Waals surface area contributed by atoms with Crippen LogP contribution in [0.2, 0.25) is 5.02 Å². The van der Waals surface area contributed by atoms with Crippen molar-refractivity contribution in [1.82, 2.24) is 9.88 Å². The lowest BCUT2D eigenvalue weighted by Gasteiger charge is -2.20. The lowest BCUT2D eigenvalue weighted by Crippen LogP contribution is -2.32. The van der Waals surface area contributed by atoms with Gasteiger partial charge >= 0.3 is 0 Å². The summed E-state index contributed by atoms with van der Waals surface area (Å²) in [5.41, 5.74) is 0.817. The molecule has 0 unspecified atom stereocenters. The molecule has 28 heavy (non-hydrogen) atoms. The van der Waals surface area contributed by atoms with E-state index >= 15 is 0 Å². The monoisotopic (exact) mass is 420 g/mol. The van der Waals surface area contributed by atoms with Gasteiger partial charge in [0.05, 0.1) is 18.5 Å². The second-order valence-electron chi connectivity index (χ2n) is 6.03. The molecule has 0 atom stereocenters. The number of hydrogen-bond donors (Lipinski definition) is 0. The van der Waals surface area contributed by atoms with Crippen LogP contribution in [0.25, 0.3) is 0 Å². The van der Waals surface area contributed by atoms with Crippen LogP contribution in [0.1, 0.15) is 27.7 Å². The molecule has 1 aromatic carbocycles. The molecule has 0 spiro atoms. The van der Waals surface area contributed by atoms with Gasteiger partial charge in [0.25, 0.3) is 5.91 Å². The Balaban J connectivity index is 1.60. The van der Waals surface area contributed by atoms with Crippen LogP contribution >= 0.6 is 22.9 Å². The minimum Gasteiger partial charge on any atom is -0.486 e. The van der Waals surface area contributed by atoms with E-state index in [1.54, 1.807) is 36.3 Å². The van der Waals surface area contributed by atoms with E-state index < -0.39 is 0 Å². The molecule has 6 nitrogen and oxygen atoms in total. The Morgan fingerprint density at radius 2 is 2.11 bits per heavy atom. The van der Waals surface area contributed by atoms with E-state index in [9.17, 15) is 4.79 Å². The molecule has 0 radical (unpaired) electrons. The molecule has 8 heteroatoms. The molecule has 2 heterocycles. The minimum absolute atomic E-state index is 0.159. The maximum Gasteiger partial charge on any atom is 0.289 e. The van der Waals surface area contributed by atoms with Crippen LogP contribution in [0.4, 0.5) is 0 Å². The first-order valence-electron chi connectivity index (χ1n) is 8.79. The van der Waals surface area contributed by atoms with Crippen molar-refractivity contribution in [2.45, 2.75) is 19.6 Å². The zero-order valence-electron chi connectivity index (χ0n) is 15.5. The standard InChI is InChI=1S/C20H21ClN2O4S/c1-25-10-3-9-23(20(24)18-4-2-11-26-18)12-16-14-28-19(22-16)13-27-17-7-5-15(21)6-8-17/h2,4-8,11,14H,3,9-10,12-13H2,1H3. The van der Waals surface area contributed by atoms with Crippen LogP contribution in [0, 0.1) is 0 Å². The molecule has 0 N–H and O–H groups in total. The van der Waals surface area contributed by atoms with Crippen molar-refractivity contribution >= 4 is 28.8 Å². The smallest absolute Gasteiger partial charge is 0.289 e. The maximum atomic E-state index is 12.7. The Kier molecular flexibility index (Phi) is 7.47. The molecule has 0 aliphatic rings. The van der Waals surface area contributed by atoms with Gasteiger partial charge in [-0.2, -0.15) is 0 Å². The van der Waals surface area contributed by atoms with E-state index in [2.05, 4.69) is 4.98 Å². The zero-order valence-corrected chi connectivity index (χ0v) is 17.0. The largest absolute Gasteiger partial charge is 0.486 e. The van der Waals surface area contributed by atoms with Gasteiger partial charge in [-0.05, 0) is 42.8 Å². The maximum absolute atomic E-state index is 12.7. The Morgan fingerprint density at radius 1 is 1.29 bits per heavy atom. The third kappa shape index (κ3) is 5.82. The van der Waals surface area contributed by atoms with Crippen LogP contribution in [-0.2, 0) is 17.9 Å². The normalized spacial score (nSPS) is 10.8. The summed E-state index contributed by atoms with van der Waals surface area (Å²) in [4.78, 5) is 19.0. The second kappa shape index (κ2) is 10.3. The quantitative estimate of drug-likeness (QED) is 0.447. The summed E-state index contributed by atoms with van der Waals surface area (Å²) in [5.74, 6) is 0.891. The van der Waals surface area contributed by atoms with E-state index in [0.717, 1.165) is 22.9 Å². The number of nitrogens with zero attached hydrogens (tertiary/aromatic N) is 2. The second-order valence-corrected chi connectivity index (χ2v) is 7.40. The Bertz CT molecular complexity index is 865. The molecule has 3 rings (SSSR count). The molecule has 2 aromatic heterocycles. The van der Waals surface area contributed by atoms with Crippen LogP contribution in [0.15, 0.2) is 52.5 Å². The van der Waals surface area contributed by atoms with Crippen molar-refractivity contribution in [3.05, 3.63) is 69.5 Å². The number of thiazole rings is 1. The number of halogens is 1. The molecular formula is C20H21ClN2O4S. The number of ether oxygens (including phenoxy) is 2. The van der Waals surface area contributed by atoms with Gasteiger partial charge in [-0.15, -0.1) is 11.3 Å². The zero-order chi connectivity index (χ0) is 19.8. The van der Waals surface area contributed by atoms with E-state index in [1.807, 2.05) is 17.5 Å². The summed E-state index contributed by atoms with van der Waals surface area (Å²) in [7, 11) is 1.64. The summed E-state index contributed by atoms with van der Waals surface area (Å²) in [6.07, 6.45) is 2.23. The number of furan rings is 1. The Morgan fingerprint density at radius 3 is 2.82 bits per heavy atom. The van der Waals surface area contributed by atoms with Gasteiger partial charge in [-0.1, -0.05) is 11.6 Å². The number of aromatic nitrogens is 1. The van der Waals surface area contributed by atoms with Gasteiger partial charge in [0.1, 0.15) is 17.4 Å². The van der Waals surface area contributed by atoms with Crippen molar-refractivity contribution in [1.29, 1.82) is 0 Å². The molecular weight excluding hydrogens is 400 g/mol. The minimum atomic E-state index is -0.159. The van der Waals surface area contributed by atoms with Crippen LogP contribution in [0.3, 0.4) is 0 Å². The van der Waals surface area contributed by atoms with Crippen LogP contribution < -0.4 is 4.74 Å². The third-order valence-electron chi connectivity index (χ3n) is 3.92. The number of carbonyl (C=O) groups excluding carboxylic acids is 1. The summed E-state index contributed by atoms with van der Waals surface area (Å²) >= 11 is 7.38. The van der Waals surface area contributed by atoms with E-state index in [4.69, 9.17) is 25.5 Å². The fraction of sp³-hybridized carbons (Fsp3) is 0.300. The van der Waals surface area contributed by atoms with Gasteiger partial charge in [0.15, 0.2) is 5.76 Å². The molecule has 0 aliphatic carbocycles. The molecule has 0 fully saturated rings. The molecule has 0 saturated carbocycles. The summed E-state index contributed by atoms with van der Waals surface area (Å²) in [6.45, 7) is 1.91. The predicted molar refractivity (Wildman–Crippen MR) is 108 cm³/mol. The highest BCUT2D eigenvalue weighted by atomic mass is 35.5. The molecule has 0 bridgehead atoms. The molecule has 0 saturated heterocycles. The van der Waals surface area contributed by atoms with E-state index in [-0.39, 0.29) is 5.91 Å². The van der Waals surface area contributed by atoms with Crippen molar-refractivity contribution in [2.24, 2.45) is 0 Å². The first-order chi connectivity index (χ1) is 13.7. The highest BCUT2D eigenvalue weighted by Crippen LogP contribution is 2.19. The van der Waals surface area contributed by atoms with Gasteiger partial charge in [0, 0.05) is 30.7 Å². The number of rotatable bonds is 10. The third-order valence-corrected chi connectivity index (χ3v) is 5.05. The SMILES string of the molecule is COCCCN(Cc1csc(COc2ccc(Cl)cc2)n1)C(=O)c1ccco1. The lowest BCUT2D eigenvalue weighted by molar-refractivity contribution is 0.0689. The molecule has 148 valence electrons. The molecule has 3 aromatic rings. The molecule has 1 amide bonds. The lowest BCUT2D eigenvalue weighted by atomic mass is 10.3. The Hall–Kier alpha value is -2.35. The highest BCUT2D eigenvalue weighted by molar-refractivity contribution is 7.09. The van der Waals surface area contributed by atoms with Crippen molar-refractivity contribution in [3.8, 4) is 5.75 Å². The molecule has 0 aliphatic heterocycles. The summed E-state index contributed by atoms with van der Waals surface area (Å²) < 4.78 is 16.1. The van der Waals surface area contributed by atoms with Gasteiger partial charge in [-0.3, -0.25) is 4.79 Å². The summed E-state index contributed by atoms with van der Waals surface area (Å²) in [5, 5.41) is 3.45.